The smallest absolute Gasteiger partial charge is 0.139 e. The Labute approximate surface area is 120 Å². The quantitative estimate of drug-likeness (QED) is 0.645. The van der Waals surface area contributed by atoms with Crippen LogP contribution < -0.4 is 5.73 Å². The van der Waals surface area contributed by atoms with Gasteiger partial charge in [0.2, 0.25) is 0 Å². The zero-order valence-corrected chi connectivity index (χ0v) is 11.7. The van der Waals surface area contributed by atoms with Gasteiger partial charge in [-0.15, -0.1) is 0 Å². The SMILES string of the molecule is CCO[C@@H](C(N)=NCc1ccccc1)c1ccccc1. The van der Waals surface area contributed by atoms with Gasteiger partial charge in [0, 0.05) is 6.61 Å². The molecule has 2 aromatic carbocycles. The fourth-order valence-corrected chi connectivity index (χ4v) is 2.00. The Morgan fingerprint density at radius 2 is 1.65 bits per heavy atom. The number of hydrogen-bond donors (Lipinski definition) is 1. The molecule has 0 saturated carbocycles. The number of nitrogens with two attached hydrogens (primary N) is 1. The molecule has 0 radical (unpaired) electrons. The number of hydrogen-bond acceptors (Lipinski definition) is 2. The lowest BCUT2D eigenvalue weighted by Crippen LogP contribution is -2.24. The number of benzene rings is 2. The van der Waals surface area contributed by atoms with Crippen molar-refractivity contribution in [1.82, 2.24) is 0 Å². The molecular weight excluding hydrogens is 248 g/mol. The van der Waals surface area contributed by atoms with Crippen LogP contribution in [-0.4, -0.2) is 12.4 Å². The van der Waals surface area contributed by atoms with E-state index >= 15 is 0 Å². The van der Waals surface area contributed by atoms with E-state index in [-0.39, 0.29) is 6.10 Å². The molecule has 0 spiro atoms. The Morgan fingerprint density at radius 1 is 1.05 bits per heavy atom. The van der Waals surface area contributed by atoms with E-state index in [4.69, 9.17) is 10.5 Å². The first-order valence-electron chi connectivity index (χ1n) is 6.81. The van der Waals surface area contributed by atoms with E-state index in [0.717, 1.165) is 11.1 Å². The molecule has 3 nitrogen and oxygen atoms in total. The molecule has 2 aromatic rings. The lowest BCUT2D eigenvalue weighted by molar-refractivity contribution is 0.109. The predicted octanol–water partition coefficient (Wildman–Crippen LogP) is 3.32. The van der Waals surface area contributed by atoms with Crippen LogP contribution in [-0.2, 0) is 11.3 Å². The summed E-state index contributed by atoms with van der Waals surface area (Å²) in [6, 6.07) is 20.0. The lowest BCUT2D eigenvalue weighted by atomic mass is 10.1. The van der Waals surface area contributed by atoms with Gasteiger partial charge in [0.05, 0.1) is 6.54 Å². The Kier molecular flexibility index (Phi) is 5.33. The van der Waals surface area contributed by atoms with Crippen molar-refractivity contribution in [2.45, 2.75) is 19.6 Å². The molecule has 0 amide bonds. The molecule has 0 fully saturated rings. The van der Waals surface area contributed by atoms with Crippen LogP contribution in [0.2, 0.25) is 0 Å². The molecule has 0 heterocycles. The lowest BCUT2D eigenvalue weighted by Gasteiger charge is -2.17. The van der Waals surface area contributed by atoms with Crippen LogP contribution in [0, 0.1) is 0 Å². The Balaban J connectivity index is 2.13. The Hall–Kier alpha value is -2.13. The summed E-state index contributed by atoms with van der Waals surface area (Å²) < 4.78 is 5.72. The highest BCUT2D eigenvalue weighted by atomic mass is 16.5. The van der Waals surface area contributed by atoms with Gasteiger partial charge in [0.15, 0.2) is 0 Å². The van der Waals surface area contributed by atoms with Crippen molar-refractivity contribution in [3.8, 4) is 0 Å². The van der Waals surface area contributed by atoms with Gasteiger partial charge in [-0.1, -0.05) is 60.7 Å². The third-order valence-electron chi connectivity index (χ3n) is 2.99. The maximum absolute atomic E-state index is 6.11. The van der Waals surface area contributed by atoms with E-state index in [1.807, 2.05) is 67.6 Å². The van der Waals surface area contributed by atoms with Crippen molar-refractivity contribution in [1.29, 1.82) is 0 Å². The minimum Gasteiger partial charge on any atom is -0.385 e. The summed E-state index contributed by atoms with van der Waals surface area (Å²) in [6.45, 7) is 3.13. The third-order valence-corrected chi connectivity index (χ3v) is 2.99. The average molecular weight is 268 g/mol. The van der Waals surface area contributed by atoms with Crippen molar-refractivity contribution in [3.05, 3.63) is 71.8 Å². The first-order valence-corrected chi connectivity index (χ1v) is 6.81. The molecule has 0 aliphatic rings. The summed E-state index contributed by atoms with van der Waals surface area (Å²) in [7, 11) is 0. The normalized spacial score (nSPS) is 13.2. The molecule has 2 rings (SSSR count). The van der Waals surface area contributed by atoms with Gasteiger partial charge in [0.25, 0.3) is 0 Å². The van der Waals surface area contributed by atoms with Gasteiger partial charge in [-0.3, -0.25) is 4.99 Å². The van der Waals surface area contributed by atoms with Crippen molar-refractivity contribution >= 4 is 5.84 Å². The highest BCUT2D eigenvalue weighted by Crippen LogP contribution is 2.17. The molecule has 104 valence electrons. The van der Waals surface area contributed by atoms with Crippen LogP contribution in [0.3, 0.4) is 0 Å². The summed E-state index contributed by atoms with van der Waals surface area (Å²) in [5.41, 5.74) is 8.28. The number of ether oxygens (including phenoxy) is 1. The Morgan fingerprint density at radius 3 is 2.25 bits per heavy atom. The molecule has 20 heavy (non-hydrogen) atoms. The predicted molar refractivity (Wildman–Crippen MR) is 82.6 cm³/mol. The second kappa shape index (κ2) is 7.46. The van der Waals surface area contributed by atoms with Crippen LogP contribution >= 0.6 is 0 Å². The third kappa shape index (κ3) is 3.93. The molecule has 2 N–H and O–H groups in total. The second-order valence-electron chi connectivity index (χ2n) is 4.47. The van der Waals surface area contributed by atoms with Crippen LogP contribution in [0.1, 0.15) is 24.2 Å². The second-order valence-corrected chi connectivity index (χ2v) is 4.47. The molecule has 0 bridgehead atoms. The van der Waals surface area contributed by atoms with Gasteiger partial charge >= 0.3 is 0 Å². The van der Waals surface area contributed by atoms with Gasteiger partial charge in [0.1, 0.15) is 11.9 Å². The van der Waals surface area contributed by atoms with Gasteiger partial charge in [-0.25, -0.2) is 0 Å². The van der Waals surface area contributed by atoms with E-state index in [9.17, 15) is 0 Å². The highest BCUT2D eigenvalue weighted by Gasteiger charge is 2.15. The molecule has 0 aliphatic carbocycles. The number of nitrogens with zero attached hydrogens (tertiary/aromatic N) is 1. The molecule has 0 aliphatic heterocycles. The van der Waals surface area contributed by atoms with Crippen molar-refractivity contribution in [3.63, 3.8) is 0 Å². The minimum absolute atomic E-state index is 0.273. The van der Waals surface area contributed by atoms with Gasteiger partial charge in [-0.05, 0) is 18.1 Å². The molecule has 3 heteroatoms. The van der Waals surface area contributed by atoms with E-state index in [1.54, 1.807) is 0 Å². The van der Waals surface area contributed by atoms with Crippen LogP contribution in [0.25, 0.3) is 0 Å². The van der Waals surface area contributed by atoms with Crippen molar-refractivity contribution in [2.24, 2.45) is 10.7 Å². The fraction of sp³-hybridized carbons (Fsp3) is 0.235. The first kappa shape index (κ1) is 14.3. The summed E-state index contributed by atoms with van der Waals surface area (Å²) >= 11 is 0. The molecule has 0 saturated heterocycles. The highest BCUT2D eigenvalue weighted by molar-refractivity contribution is 5.86. The molecule has 0 unspecified atom stereocenters. The zero-order valence-electron chi connectivity index (χ0n) is 11.7. The number of amidine groups is 1. The molecule has 0 aromatic heterocycles. The van der Waals surface area contributed by atoms with E-state index < -0.39 is 0 Å². The van der Waals surface area contributed by atoms with E-state index in [0.29, 0.717) is 19.0 Å². The average Bonchev–Trinajstić information content (AvgIpc) is 2.52. The largest absolute Gasteiger partial charge is 0.385 e. The fourth-order valence-electron chi connectivity index (χ4n) is 2.00. The van der Waals surface area contributed by atoms with Crippen LogP contribution in [0.15, 0.2) is 65.7 Å². The maximum atomic E-state index is 6.11. The van der Waals surface area contributed by atoms with Crippen LogP contribution in [0.5, 0.6) is 0 Å². The topological polar surface area (TPSA) is 47.6 Å². The van der Waals surface area contributed by atoms with Crippen molar-refractivity contribution < 1.29 is 4.74 Å². The summed E-state index contributed by atoms with van der Waals surface area (Å²) in [4.78, 5) is 4.46. The summed E-state index contributed by atoms with van der Waals surface area (Å²) in [6.07, 6.45) is -0.273. The number of rotatable bonds is 6. The molecule has 1 atom stereocenters. The van der Waals surface area contributed by atoms with Gasteiger partial charge in [-0.2, -0.15) is 0 Å². The van der Waals surface area contributed by atoms with E-state index in [1.165, 1.54) is 0 Å². The van der Waals surface area contributed by atoms with Crippen LogP contribution in [0.4, 0.5) is 0 Å². The monoisotopic (exact) mass is 268 g/mol. The van der Waals surface area contributed by atoms with Gasteiger partial charge < -0.3 is 10.5 Å². The summed E-state index contributed by atoms with van der Waals surface area (Å²) in [5.74, 6) is 0.516. The standard InChI is InChI=1S/C17H20N2O/c1-2-20-16(15-11-7-4-8-12-15)17(18)19-13-14-9-5-3-6-10-14/h3-12,16H,2,13H2,1H3,(H2,18,19)/t16-/m1/s1. The Bertz CT molecular complexity index is 537. The maximum Gasteiger partial charge on any atom is 0.139 e. The number of aliphatic imine (C=N–C) groups is 1. The first-order chi connectivity index (χ1) is 9.81. The van der Waals surface area contributed by atoms with E-state index in [2.05, 4.69) is 4.99 Å². The molecular formula is C17H20N2O. The van der Waals surface area contributed by atoms with Crippen molar-refractivity contribution in [2.75, 3.05) is 6.61 Å². The zero-order chi connectivity index (χ0) is 14.2. The minimum atomic E-state index is -0.273. The summed E-state index contributed by atoms with van der Waals surface area (Å²) in [5, 5.41) is 0.